The highest BCUT2D eigenvalue weighted by Crippen LogP contribution is 2.34. The summed E-state index contributed by atoms with van der Waals surface area (Å²) < 4.78 is 53.3. The van der Waals surface area contributed by atoms with Gasteiger partial charge in [-0.05, 0) is 46.9 Å². The van der Waals surface area contributed by atoms with Gasteiger partial charge in [-0.1, -0.05) is 60.1 Å². The molecule has 1 N–H and O–H groups in total. The molecule has 3 aromatic carbocycles. The molecule has 0 fully saturated rings. The van der Waals surface area contributed by atoms with Crippen LogP contribution in [-0.4, -0.2) is 23.3 Å². The highest BCUT2D eigenvalue weighted by molar-refractivity contribution is 6.34. The maximum absolute atomic E-state index is 14.3. The van der Waals surface area contributed by atoms with E-state index in [-0.39, 0.29) is 16.5 Å². The van der Waals surface area contributed by atoms with Crippen LogP contribution in [0.3, 0.4) is 0 Å². The molecular weight excluding hydrogens is 496 g/mol. The number of fused-ring (bicyclic) bond motifs is 1. The zero-order chi connectivity index (χ0) is 25.9. The average molecular weight is 517 g/mol. The molecule has 3 aromatic rings. The number of alkyl halides is 3. The summed E-state index contributed by atoms with van der Waals surface area (Å²) in [7, 11) is 0. The number of hydrogen-bond donors (Lipinski definition) is 1. The SMILES string of the molecule is O=C(Cc1cccc(C(F)(F)F)c1F)Nc1c(Cl)ccc2c1CCN(C(=O)C=Cc1ccccc1)C2. The third-order valence-corrected chi connectivity index (χ3v) is 6.20. The van der Waals surface area contributed by atoms with Crippen LogP contribution < -0.4 is 5.32 Å². The smallest absolute Gasteiger partial charge is 0.334 e. The number of amides is 2. The van der Waals surface area contributed by atoms with Gasteiger partial charge in [-0.25, -0.2) is 4.39 Å². The van der Waals surface area contributed by atoms with E-state index in [1.54, 1.807) is 23.1 Å². The van der Waals surface area contributed by atoms with Crippen molar-refractivity contribution in [3.63, 3.8) is 0 Å². The van der Waals surface area contributed by atoms with Crippen molar-refractivity contribution in [3.05, 3.63) is 105 Å². The minimum absolute atomic E-state index is 0.162. The predicted molar refractivity (Wildman–Crippen MR) is 130 cm³/mol. The van der Waals surface area contributed by atoms with Gasteiger partial charge in [-0.3, -0.25) is 9.59 Å². The van der Waals surface area contributed by atoms with Gasteiger partial charge in [-0.15, -0.1) is 0 Å². The third-order valence-electron chi connectivity index (χ3n) is 5.88. The van der Waals surface area contributed by atoms with Gasteiger partial charge in [0, 0.05) is 19.2 Å². The van der Waals surface area contributed by atoms with Crippen molar-refractivity contribution in [1.29, 1.82) is 0 Å². The highest BCUT2D eigenvalue weighted by atomic mass is 35.5. The molecule has 4 rings (SSSR count). The number of carbonyl (C=O) groups excluding carboxylic acids is 2. The van der Waals surface area contributed by atoms with Crippen molar-refractivity contribution in [1.82, 2.24) is 4.90 Å². The highest BCUT2D eigenvalue weighted by Gasteiger charge is 2.35. The first kappa shape index (κ1) is 25.4. The molecule has 36 heavy (non-hydrogen) atoms. The molecule has 0 aliphatic carbocycles. The number of benzene rings is 3. The number of rotatable bonds is 5. The minimum Gasteiger partial charge on any atom is -0.334 e. The molecular formula is C27H21ClF4N2O2. The van der Waals surface area contributed by atoms with E-state index in [1.165, 1.54) is 6.08 Å². The summed E-state index contributed by atoms with van der Waals surface area (Å²) >= 11 is 6.31. The second kappa shape index (κ2) is 10.5. The van der Waals surface area contributed by atoms with Gasteiger partial charge >= 0.3 is 6.18 Å². The summed E-state index contributed by atoms with van der Waals surface area (Å²) in [5.41, 5.74) is 0.944. The lowest BCUT2D eigenvalue weighted by atomic mass is 9.97. The first-order valence-corrected chi connectivity index (χ1v) is 11.5. The van der Waals surface area contributed by atoms with E-state index in [2.05, 4.69) is 5.32 Å². The lowest BCUT2D eigenvalue weighted by Crippen LogP contribution is -2.35. The van der Waals surface area contributed by atoms with Crippen LogP contribution in [0.5, 0.6) is 0 Å². The Balaban J connectivity index is 1.48. The third kappa shape index (κ3) is 5.76. The molecule has 0 saturated carbocycles. The van der Waals surface area contributed by atoms with E-state index in [0.717, 1.165) is 28.8 Å². The lowest BCUT2D eigenvalue weighted by Gasteiger charge is -2.30. The monoisotopic (exact) mass is 516 g/mol. The molecule has 9 heteroatoms. The number of anilines is 1. The molecule has 2 amide bonds. The van der Waals surface area contributed by atoms with Crippen molar-refractivity contribution in [2.45, 2.75) is 25.6 Å². The molecule has 186 valence electrons. The lowest BCUT2D eigenvalue weighted by molar-refractivity contribution is -0.140. The second-order valence-electron chi connectivity index (χ2n) is 8.32. The Morgan fingerprint density at radius 3 is 2.50 bits per heavy atom. The fraction of sp³-hybridized carbons (Fsp3) is 0.185. The van der Waals surface area contributed by atoms with Crippen LogP contribution in [0.2, 0.25) is 5.02 Å². The summed E-state index contributed by atoms with van der Waals surface area (Å²) in [5.74, 6) is -2.34. The van der Waals surface area contributed by atoms with Crippen LogP contribution in [-0.2, 0) is 35.2 Å². The fourth-order valence-electron chi connectivity index (χ4n) is 4.08. The number of hydrogen-bond acceptors (Lipinski definition) is 2. The Morgan fingerprint density at radius 2 is 1.78 bits per heavy atom. The van der Waals surface area contributed by atoms with E-state index in [9.17, 15) is 27.2 Å². The molecule has 1 aliphatic rings. The quantitative estimate of drug-likeness (QED) is 0.321. The van der Waals surface area contributed by atoms with Crippen molar-refractivity contribution >= 4 is 35.2 Å². The average Bonchev–Trinajstić information content (AvgIpc) is 2.85. The van der Waals surface area contributed by atoms with Gasteiger partial charge < -0.3 is 10.2 Å². The molecule has 0 bridgehead atoms. The minimum atomic E-state index is -4.86. The van der Waals surface area contributed by atoms with Crippen LogP contribution in [0, 0.1) is 5.82 Å². The van der Waals surface area contributed by atoms with E-state index in [4.69, 9.17) is 11.6 Å². The largest absolute Gasteiger partial charge is 0.419 e. The van der Waals surface area contributed by atoms with Crippen LogP contribution in [0.25, 0.3) is 6.08 Å². The van der Waals surface area contributed by atoms with Gasteiger partial charge in [-0.2, -0.15) is 13.2 Å². The normalized spacial score (nSPS) is 13.5. The Hall–Kier alpha value is -3.65. The van der Waals surface area contributed by atoms with E-state index in [0.29, 0.717) is 31.3 Å². The molecule has 0 unspecified atom stereocenters. The summed E-state index contributed by atoms with van der Waals surface area (Å²) in [4.78, 5) is 27.0. The number of carbonyl (C=O) groups is 2. The molecule has 0 atom stereocenters. The van der Waals surface area contributed by atoms with Crippen LogP contribution in [0.4, 0.5) is 23.2 Å². The first-order chi connectivity index (χ1) is 17.1. The summed E-state index contributed by atoms with van der Waals surface area (Å²) in [6.07, 6.45) is -1.81. The van der Waals surface area contributed by atoms with Crippen molar-refractivity contribution < 1.29 is 27.2 Å². The van der Waals surface area contributed by atoms with Crippen LogP contribution in [0.1, 0.15) is 27.8 Å². The maximum Gasteiger partial charge on any atom is 0.419 e. The molecule has 1 heterocycles. The number of nitrogens with one attached hydrogen (secondary N) is 1. The van der Waals surface area contributed by atoms with Gasteiger partial charge in [0.2, 0.25) is 11.8 Å². The van der Waals surface area contributed by atoms with E-state index in [1.807, 2.05) is 30.3 Å². The predicted octanol–water partition coefficient (Wildman–Crippen LogP) is 6.28. The topological polar surface area (TPSA) is 49.4 Å². The Morgan fingerprint density at radius 1 is 1.03 bits per heavy atom. The van der Waals surface area contributed by atoms with Gasteiger partial charge in [0.25, 0.3) is 0 Å². The van der Waals surface area contributed by atoms with Gasteiger partial charge in [0.1, 0.15) is 5.82 Å². The molecule has 1 aliphatic heterocycles. The van der Waals surface area contributed by atoms with Crippen molar-refractivity contribution in [2.75, 3.05) is 11.9 Å². The molecule has 0 aromatic heterocycles. The van der Waals surface area contributed by atoms with Crippen LogP contribution in [0.15, 0.2) is 66.7 Å². The van der Waals surface area contributed by atoms with Gasteiger partial charge in [0.05, 0.1) is 22.7 Å². The van der Waals surface area contributed by atoms with Crippen LogP contribution >= 0.6 is 11.6 Å². The first-order valence-electron chi connectivity index (χ1n) is 11.1. The molecule has 4 nitrogen and oxygen atoms in total. The van der Waals surface area contributed by atoms with Gasteiger partial charge in [0.15, 0.2) is 0 Å². The maximum atomic E-state index is 14.3. The Bertz CT molecular complexity index is 1320. The Labute approximate surface area is 210 Å². The Kier molecular flexibility index (Phi) is 7.45. The zero-order valence-electron chi connectivity index (χ0n) is 18.9. The summed E-state index contributed by atoms with van der Waals surface area (Å²) in [6.45, 7) is 0.687. The molecule has 0 saturated heterocycles. The zero-order valence-corrected chi connectivity index (χ0v) is 19.7. The molecule has 0 spiro atoms. The summed E-state index contributed by atoms with van der Waals surface area (Å²) in [6, 6.07) is 15.6. The van der Waals surface area contributed by atoms with Crippen molar-refractivity contribution in [3.8, 4) is 0 Å². The summed E-state index contributed by atoms with van der Waals surface area (Å²) in [5, 5.41) is 2.87. The molecule has 0 radical (unpaired) electrons. The number of nitrogens with zero attached hydrogens (tertiary/aromatic N) is 1. The van der Waals surface area contributed by atoms with Crippen molar-refractivity contribution in [2.24, 2.45) is 0 Å². The second-order valence-corrected chi connectivity index (χ2v) is 8.72. The van der Waals surface area contributed by atoms with E-state index < -0.39 is 29.9 Å². The van der Waals surface area contributed by atoms with E-state index >= 15 is 0 Å². The fourth-order valence-corrected chi connectivity index (χ4v) is 4.30. The standard InChI is InChI=1S/C27H21ClF4N2O2/c28-22-11-10-19-16-34(24(36)12-9-17-5-2-1-3-6-17)14-13-20(19)26(22)33-23(35)15-18-7-4-8-21(25(18)29)27(30,31)32/h1-12H,13-16H2,(H,33,35). The number of halogens is 5.